The second-order valence-corrected chi connectivity index (χ2v) is 8.77. The molecule has 5 nitrogen and oxygen atoms in total. The quantitative estimate of drug-likeness (QED) is 0.417. The summed E-state index contributed by atoms with van der Waals surface area (Å²) < 4.78 is 17.2. The Balaban J connectivity index is 1.34. The van der Waals surface area contributed by atoms with Gasteiger partial charge in [0, 0.05) is 13.1 Å². The van der Waals surface area contributed by atoms with Gasteiger partial charge in [-0.05, 0) is 60.0 Å². The first-order valence-corrected chi connectivity index (χ1v) is 11.3. The van der Waals surface area contributed by atoms with Crippen LogP contribution in [0.25, 0.3) is 6.08 Å². The summed E-state index contributed by atoms with van der Waals surface area (Å²) in [6, 6.07) is 16.9. The lowest BCUT2D eigenvalue weighted by molar-refractivity contribution is 0.0949. The number of carbonyl (C=O) groups is 1. The highest BCUT2D eigenvalue weighted by atomic mass is 35.5. The van der Waals surface area contributed by atoms with Crippen LogP contribution in [0, 0.1) is 0 Å². The van der Waals surface area contributed by atoms with Crippen molar-refractivity contribution in [2.45, 2.75) is 13.0 Å². The molecule has 0 saturated carbocycles. The number of halogens is 2. The van der Waals surface area contributed by atoms with E-state index in [0.29, 0.717) is 34.6 Å². The number of Topliss-reactive ketones (excluding diaryl/α,β-unsaturated/α-hetero) is 1. The maximum atomic E-state index is 13.0. The van der Waals surface area contributed by atoms with Crippen molar-refractivity contribution in [3.8, 4) is 17.2 Å². The summed E-state index contributed by atoms with van der Waals surface area (Å²) in [5.74, 6) is 2.26. The first-order chi connectivity index (χ1) is 16.0. The Morgan fingerprint density at radius 2 is 1.88 bits per heavy atom. The zero-order chi connectivity index (χ0) is 22.9. The Hall–Kier alpha value is -2.99. The van der Waals surface area contributed by atoms with Crippen LogP contribution in [0.4, 0.5) is 0 Å². The van der Waals surface area contributed by atoms with Crippen molar-refractivity contribution in [3.05, 3.63) is 92.7 Å². The van der Waals surface area contributed by atoms with E-state index in [2.05, 4.69) is 17.0 Å². The lowest BCUT2D eigenvalue weighted by atomic mass is 10.0. The molecule has 7 heteroatoms. The largest absolute Gasteiger partial charge is 0.497 e. The second-order valence-electron chi connectivity index (χ2n) is 7.96. The van der Waals surface area contributed by atoms with Gasteiger partial charge in [-0.1, -0.05) is 41.4 Å². The summed E-state index contributed by atoms with van der Waals surface area (Å²) in [4.78, 5) is 15.2. The molecule has 3 aromatic rings. The van der Waals surface area contributed by atoms with Gasteiger partial charge in [-0.2, -0.15) is 0 Å². The van der Waals surface area contributed by atoms with Gasteiger partial charge in [0.25, 0.3) is 0 Å². The molecule has 0 unspecified atom stereocenters. The molecule has 0 saturated heterocycles. The lowest BCUT2D eigenvalue weighted by Gasteiger charge is -2.29. The van der Waals surface area contributed by atoms with Gasteiger partial charge in [-0.3, -0.25) is 9.69 Å². The summed E-state index contributed by atoms with van der Waals surface area (Å²) in [5, 5.41) is 0.883. The number of benzene rings is 3. The van der Waals surface area contributed by atoms with Crippen molar-refractivity contribution in [2.24, 2.45) is 0 Å². The zero-order valence-electron chi connectivity index (χ0n) is 17.9. The normalized spacial score (nSPS) is 16.2. The number of hydrogen-bond donors (Lipinski definition) is 0. The summed E-state index contributed by atoms with van der Waals surface area (Å²) in [6.07, 6.45) is 2.56. The van der Waals surface area contributed by atoms with Crippen molar-refractivity contribution < 1.29 is 19.0 Å². The Kier molecular flexibility index (Phi) is 6.02. The van der Waals surface area contributed by atoms with E-state index in [4.69, 9.17) is 37.4 Å². The predicted octanol–water partition coefficient (Wildman–Crippen LogP) is 6.01. The van der Waals surface area contributed by atoms with E-state index in [-0.39, 0.29) is 11.5 Å². The molecule has 3 aromatic carbocycles. The molecule has 0 bridgehead atoms. The second kappa shape index (κ2) is 9.10. The summed E-state index contributed by atoms with van der Waals surface area (Å²) in [6.45, 7) is 1.94. The molecule has 0 amide bonds. The van der Waals surface area contributed by atoms with Crippen LogP contribution < -0.4 is 14.2 Å². The highest BCUT2D eigenvalue weighted by Gasteiger charge is 2.33. The number of allylic oxidation sites excluding steroid dienone is 1. The highest BCUT2D eigenvalue weighted by Crippen LogP contribution is 2.42. The molecule has 5 rings (SSSR count). The van der Waals surface area contributed by atoms with Gasteiger partial charge in [0.15, 0.2) is 5.76 Å². The number of nitrogens with zero attached hydrogens (tertiary/aromatic N) is 1. The van der Waals surface area contributed by atoms with Crippen LogP contribution in [0.1, 0.15) is 27.0 Å². The van der Waals surface area contributed by atoms with Gasteiger partial charge in [0.1, 0.15) is 24.0 Å². The molecule has 0 aromatic heterocycles. The summed E-state index contributed by atoms with van der Waals surface area (Å²) in [5.41, 5.74) is 3.39. The standard InChI is InChI=1S/C26H21Cl2NO4/c1-31-18-5-2-16(3-6-18)10-11-29-14-20-23(32-15-29)9-7-19-25(30)24(33-26(19)20)13-17-4-8-21(27)22(28)12-17/h2-9,12-13H,10-11,14-15H2,1H3/b24-13-. The molecule has 0 N–H and O–H groups in total. The van der Waals surface area contributed by atoms with E-state index >= 15 is 0 Å². The zero-order valence-corrected chi connectivity index (χ0v) is 19.4. The Labute approximate surface area is 202 Å². The average Bonchev–Trinajstić information content (AvgIpc) is 3.16. The fraction of sp³-hybridized carbons (Fsp3) is 0.192. The molecule has 0 radical (unpaired) electrons. The monoisotopic (exact) mass is 481 g/mol. The molecule has 0 atom stereocenters. The summed E-state index contributed by atoms with van der Waals surface area (Å²) in [7, 11) is 1.66. The molecule has 2 aliphatic rings. The van der Waals surface area contributed by atoms with Crippen molar-refractivity contribution in [1.29, 1.82) is 0 Å². The van der Waals surface area contributed by atoms with Crippen LogP contribution in [0.5, 0.6) is 17.2 Å². The smallest absolute Gasteiger partial charge is 0.231 e. The van der Waals surface area contributed by atoms with Gasteiger partial charge in [-0.15, -0.1) is 0 Å². The molecule has 0 spiro atoms. The van der Waals surface area contributed by atoms with E-state index in [0.717, 1.165) is 35.6 Å². The lowest BCUT2D eigenvalue weighted by Crippen LogP contribution is -2.33. The minimum absolute atomic E-state index is 0.158. The fourth-order valence-electron chi connectivity index (χ4n) is 3.98. The fourth-order valence-corrected chi connectivity index (χ4v) is 4.29. The van der Waals surface area contributed by atoms with Crippen molar-refractivity contribution in [3.63, 3.8) is 0 Å². The minimum Gasteiger partial charge on any atom is -0.497 e. The number of hydrogen-bond acceptors (Lipinski definition) is 5. The third kappa shape index (κ3) is 4.44. The number of ether oxygens (including phenoxy) is 3. The maximum absolute atomic E-state index is 13.0. The molecule has 2 aliphatic heterocycles. The van der Waals surface area contributed by atoms with Gasteiger partial charge >= 0.3 is 0 Å². The minimum atomic E-state index is -0.158. The van der Waals surface area contributed by atoms with Gasteiger partial charge in [0.2, 0.25) is 5.78 Å². The van der Waals surface area contributed by atoms with Crippen LogP contribution in [0.3, 0.4) is 0 Å². The Morgan fingerprint density at radius 3 is 2.64 bits per heavy atom. The van der Waals surface area contributed by atoms with Gasteiger partial charge < -0.3 is 14.2 Å². The highest BCUT2D eigenvalue weighted by molar-refractivity contribution is 6.42. The van der Waals surface area contributed by atoms with E-state index in [1.807, 2.05) is 18.2 Å². The maximum Gasteiger partial charge on any atom is 0.231 e. The van der Waals surface area contributed by atoms with E-state index in [9.17, 15) is 4.79 Å². The number of methoxy groups -OCH3 is 1. The molecule has 0 aliphatic carbocycles. The van der Waals surface area contributed by atoms with Crippen molar-refractivity contribution in [2.75, 3.05) is 20.4 Å². The van der Waals surface area contributed by atoms with E-state index in [1.165, 1.54) is 5.56 Å². The average molecular weight is 482 g/mol. The van der Waals surface area contributed by atoms with E-state index < -0.39 is 0 Å². The third-order valence-corrected chi connectivity index (χ3v) is 6.54. The third-order valence-electron chi connectivity index (χ3n) is 5.80. The number of ketones is 1. The topological polar surface area (TPSA) is 48.0 Å². The molecule has 168 valence electrons. The first kappa shape index (κ1) is 21.8. The molecule has 2 heterocycles. The van der Waals surface area contributed by atoms with Gasteiger partial charge in [0.05, 0.1) is 28.3 Å². The summed E-state index contributed by atoms with van der Waals surface area (Å²) >= 11 is 12.1. The van der Waals surface area contributed by atoms with Crippen LogP contribution >= 0.6 is 23.2 Å². The Bertz CT molecular complexity index is 1250. The first-order valence-electron chi connectivity index (χ1n) is 10.5. The van der Waals surface area contributed by atoms with Crippen LogP contribution in [-0.4, -0.2) is 31.1 Å². The van der Waals surface area contributed by atoms with Crippen molar-refractivity contribution >= 4 is 35.1 Å². The van der Waals surface area contributed by atoms with E-state index in [1.54, 1.807) is 37.5 Å². The van der Waals surface area contributed by atoms with Crippen LogP contribution in [-0.2, 0) is 13.0 Å². The Morgan fingerprint density at radius 1 is 1.06 bits per heavy atom. The molecular weight excluding hydrogens is 461 g/mol. The van der Waals surface area contributed by atoms with Crippen LogP contribution in [0.2, 0.25) is 10.0 Å². The van der Waals surface area contributed by atoms with Gasteiger partial charge in [-0.25, -0.2) is 0 Å². The predicted molar refractivity (Wildman–Crippen MR) is 128 cm³/mol. The molecular formula is C26H21Cl2NO4. The SMILES string of the molecule is COc1ccc(CCN2COc3ccc4c(c3C2)O/C(=C\c2ccc(Cl)c(Cl)c2)C4=O)cc1. The van der Waals surface area contributed by atoms with Crippen LogP contribution in [0.15, 0.2) is 60.4 Å². The number of rotatable bonds is 5. The molecule has 0 fully saturated rings. The molecule has 33 heavy (non-hydrogen) atoms. The number of carbonyl (C=O) groups excluding carboxylic acids is 1. The number of fused-ring (bicyclic) bond motifs is 3. The van der Waals surface area contributed by atoms with Crippen molar-refractivity contribution in [1.82, 2.24) is 4.90 Å².